The molecule has 0 aromatic heterocycles. The van der Waals surface area contributed by atoms with Crippen LogP contribution in [-0.4, -0.2) is 37.0 Å². The molecular formula is C21H23FN2O4. The zero-order valence-electron chi connectivity index (χ0n) is 15.8. The number of carbonyl (C=O) groups is 3. The normalized spacial score (nSPS) is 12.5. The lowest BCUT2D eigenvalue weighted by molar-refractivity contribution is -0.145. The van der Waals surface area contributed by atoms with Gasteiger partial charge < -0.3 is 15.4 Å². The summed E-state index contributed by atoms with van der Waals surface area (Å²) in [6.45, 7) is 1.27. The molecule has 0 heterocycles. The average Bonchev–Trinajstić information content (AvgIpc) is 2.68. The molecule has 28 heavy (non-hydrogen) atoms. The van der Waals surface area contributed by atoms with Crippen LogP contribution in [0.1, 0.15) is 18.1 Å². The van der Waals surface area contributed by atoms with Crippen molar-refractivity contribution >= 4 is 17.8 Å². The Hall–Kier alpha value is -3.22. The first kappa shape index (κ1) is 21.1. The number of ether oxygens (including phenoxy) is 1. The number of esters is 1. The molecule has 0 aliphatic heterocycles. The maximum Gasteiger partial charge on any atom is 0.328 e. The van der Waals surface area contributed by atoms with Crippen LogP contribution in [0, 0.1) is 5.82 Å². The molecule has 0 spiro atoms. The molecule has 0 bridgehead atoms. The third kappa shape index (κ3) is 6.19. The van der Waals surface area contributed by atoms with Crippen molar-refractivity contribution in [3.05, 3.63) is 71.5 Å². The second kappa shape index (κ2) is 10.2. The van der Waals surface area contributed by atoms with Crippen molar-refractivity contribution in [3.63, 3.8) is 0 Å². The van der Waals surface area contributed by atoms with Gasteiger partial charge in [-0.2, -0.15) is 0 Å². The summed E-state index contributed by atoms with van der Waals surface area (Å²) in [7, 11) is 1.23. The Labute approximate surface area is 163 Å². The van der Waals surface area contributed by atoms with Gasteiger partial charge in [0.25, 0.3) is 0 Å². The number of halogens is 1. The highest BCUT2D eigenvalue weighted by molar-refractivity contribution is 5.90. The van der Waals surface area contributed by atoms with Crippen molar-refractivity contribution in [1.29, 1.82) is 0 Å². The van der Waals surface area contributed by atoms with E-state index in [-0.39, 0.29) is 18.4 Å². The summed E-state index contributed by atoms with van der Waals surface area (Å²) < 4.78 is 18.7. The molecule has 7 heteroatoms. The molecule has 2 aromatic carbocycles. The van der Waals surface area contributed by atoms with Gasteiger partial charge in [-0.3, -0.25) is 9.59 Å². The van der Waals surface area contributed by atoms with E-state index in [1.165, 1.54) is 20.1 Å². The van der Waals surface area contributed by atoms with Crippen LogP contribution < -0.4 is 10.6 Å². The molecule has 148 valence electrons. The van der Waals surface area contributed by atoms with Crippen LogP contribution in [0.4, 0.5) is 4.39 Å². The van der Waals surface area contributed by atoms with Crippen LogP contribution >= 0.6 is 0 Å². The van der Waals surface area contributed by atoms with E-state index in [9.17, 15) is 18.8 Å². The molecule has 0 fully saturated rings. The van der Waals surface area contributed by atoms with E-state index in [1.54, 1.807) is 18.2 Å². The predicted molar refractivity (Wildman–Crippen MR) is 102 cm³/mol. The summed E-state index contributed by atoms with van der Waals surface area (Å²) in [5.74, 6) is -2.11. The van der Waals surface area contributed by atoms with Crippen molar-refractivity contribution in [3.8, 4) is 0 Å². The second-order valence-electron chi connectivity index (χ2n) is 6.32. The van der Waals surface area contributed by atoms with E-state index in [2.05, 4.69) is 10.6 Å². The molecule has 2 amide bonds. The van der Waals surface area contributed by atoms with Gasteiger partial charge in [0, 0.05) is 19.8 Å². The zero-order valence-corrected chi connectivity index (χ0v) is 15.8. The van der Waals surface area contributed by atoms with Crippen LogP contribution in [0.25, 0.3) is 0 Å². The lowest BCUT2D eigenvalue weighted by Crippen LogP contribution is -2.53. The minimum atomic E-state index is -1.03. The van der Waals surface area contributed by atoms with Crippen LogP contribution in [0.3, 0.4) is 0 Å². The summed E-state index contributed by atoms with van der Waals surface area (Å²) in [6, 6.07) is 13.2. The number of amides is 2. The van der Waals surface area contributed by atoms with Crippen LogP contribution in [-0.2, 0) is 32.0 Å². The fourth-order valence-electron chi connectivity index (χ4n) is 2.80. The maximum atomic E-state index is 14.0. The van der Waals surface area contributed by atoms with E-state index < -0.39 is 35.7 Å². The summed E-state index contributed by atoms with van der Waals surface area (Å²) in [4.78, 5) is 36.4. The highest BCUT2D eigenvalue weighted by Crippen LogP contribution is 2.11. The molecular weight excluding hydrogens is 363 g/mol. The Balaban J connectivity index is 2.17. The van der Waals surface area contributed by atoms with Gasteiger partial charge in [0.1, 0.15) is 17.9 Å². The van der Waals surface area contributed by atoms with Gasteiger partial charge in [-0.25, -0.2) is 9.18 Å². The van der Waals surface area contributed by atoms with Crippen LogP contribution in [0.15, 0.2) is 54.6 Å². The quantitative estimate of drug-likeness (QED) is 0.678. The second-order valence-corrected chi connectivity index (χ2v) is 6.32. The lowest BCUT2D eigenvalue weighted by Gasteiger charge is -2.22. The molecule has 2 rings (SSSR count). The number of rotatable bonds is 8. The molecule has 0 unspecified atom stereocenters. The minimum absolute atomic E-state index is 0.0443. The molecule has 0 radical (unpaired) electrons. The van der Waals surface area contributed by atoms with Crippen molar-refractivity contribution in [1.82, 2.24) is 10.6 Å². The standard InChI is InChI=1S/C21H23FN2O4/c1-14(25)23-18(13-16-10-6-7-11-17(16)22)20(26)24-19(21(27)28-2)12-15-8-4-3-5-9-15/h3-11,18-19H,12-13H2,1-2H3,(H,23,25)(H,24,26)/t18-,19+/m1/s1. The monoisotopic (exact) mass is 386 g/mol. The molecule has 2 aromatic rings. The van der Waals surface area contributed by atoms with Crippen molar-refractivity contribution in [2.75, 3.05) is 7.11 Å². The molecule has 2 atom stereocenters. The Morgan fingerprint density at radius 2 is 1.57 bits per heavy atom. The Bertz CT molecular complexity index is 826. The smallest absolute Gasteiger partial charge is 0.328 e. The average molecular weight is 386 g/mol. The first-order valence-electron chi connectivity index (χ1n) is 8.83. The maximum absolute atomic E-state index is 14.0. The third-order valence-electron chi connectivity index (χ3n) is 4.16. The number of nitrogens with one attached hydrogen (secondary N) is 2. The van der Waals surface area contributed by atoms with Gasteiger partial charge in [-0.15, -0.1) is 0 Å². The molecule has 0 aliphatic carbocycles. The Morgan fingerprint density at radius 1 is 0.929 bits per heavy atom. The SMILES string of the molecule is COC(=O)[C@H](Cc1ccccc1)NC(=O)[C@@H](Cc1ccccc1F)NC(C)=O. The van der Waals surface area contributed by atoms with Crippen molar-refractivity contribution < 1.29 is 23.5 Å². The first-order valence-corrected chi connectivity index (χ1v) is 8.83. The van der Waals surface area contributed by atoms with Gasteiger partial charge in [0.05, 0.1) is 7.11 Å². The summed E-state index contributed by atoms with van der Waals surface area (Å²) in [6.07, 6.45) is 0.184. The zero-order chi connectivity index (χ0) is 20.5. The van der Waals surface area contributed by atoms with Crippen LogP contribution in [0.5, 0.6) is 0 Å². The Kier molecular flexibility index (Phi) is 7.68. The Morgan fingerprint density at radius 3 is 2.18 bits per heavy atom. The first-order chi connectivity index (χ1) is 13.4. The van der Waals surface area contributed by atoms with Gasteiger partial charge in [0.2, 0.25) is 11.8 Å². The molecule has 0 saturated carbocycles. The number of carbonyl (C=O) groups excluding carboxylic acids is 3. The number of hydrogen-bond donors (Lipinski definition) is 2. The fourth-order valence-corrected chi connectivity index (χ4v) is 2.80. The largest absolute Gasteiger partial charge is 0.467 e. The van der Waals surface area contributed by atoms with E-state index in [4.69, 9.17) is 4.74 Å². The van der Waals surface area contributed by atoms with Gasteiger partial charge >= 0.3 is 5.97 Å². The third-order valence-corrected chi connectivity index (χ3v) is 4.16. The number of methoxy groups -OCH3 is 1. The van der Waals surface area contributed by atoms with E-state index in [0.29, 0.717) is 0 Å². The lowest BCUT2D eigenvalue weighted by atomic mass is 10.0. The molecule has 0 aliphatic rings. The minimum Gasteiger partial charge on any atom is -0.467 e. The van der Waals surface area contributed by atoms with Gasteiger partial charge in [0.15, 0.2) is 0 Å². The van der Waals surface area contributed by atoms with E-state index >= 15 is 0 Å². The van der Waals surface area contributed by atoms with E-state index in [0.717, 1.165) is 5.56 Å². The van der Waals surface area contributed by atoms with Gasteiger partial charge in [-0.1, -0.05) is 48.5 Å². The molecule has 2 N–H and O–H groups in total. The summed E-state index contributed by atoms with van der Waals surface area (Å²) in [5.41, 5.74) is 1.12. The molecule has 6 nitrogen and oxygen atoms in total. The van der Waals surface area contributed by atoms with E-state index in [1.807, 2.05) is 30.3 Å². The number of hydrogen-bond acceptors (Lipinski definition) is 4. The van der Waals surface area contributed by atoms with Gasteiger partial charge in [-0.05, 0) is 17.2 Å². The predicted octanol–water partition coefficient (Wildman–Crippen LogP) is 1.77. The summed E-state index contributed by atoms with van der Waals surface area (Å²) in [5, 5.41) is 5.12. The topological polar surface area (TPSA) is 84.5 Å². The highest BCUT2D eigenvalue weighted by atomic mass is 19.1. The van der Waals surface area contributed by atoms with Crippen molar-refractivity contribution in [2.45, 2.75) is 31.8 Å². The molecule has 0 saturated heterocycles. The fraction of sp³-hybridized carbons (Fsp3) is 0.286. The number of benzene rings is 2. The highest BCUT2D eigenvalue weighted by Gasteiger charge is 2.27. The van der Waals surface area contributed by atoms with Crippen molar-refractivity contribution in [2.24, 2.45) is 0 Å². The summed E-state index contributed by atoms with van der Waals surface area (Å²) >= 11 is 0. The van der Waals surface area contributed by atoms with Crippen LogP contribution in [0.2, 0.25) is 0 Å².